The maximum atomic E-state index is 4.37. The van der Waals surface area contributed by atoms with Crippen LogP contribution in [0.3, 0.4) is 0 Å². The van der Waals surface area contributed by atoms with Crippen LogP contribution in [0.1, 0.15) is 41.5 Å². The van der Waals surface area contributed by atoms with Gasteiger partial charge in [-0.05, 0) is 42.4 Å². The summed E-state index contributed by atoms with van der Waals surface area (Å²) in [4.78, 5) is 0. The lowest BCUT2D eigenvalue weighted by Gasteiger charge is -2.55. The summed E-state index contributed by atoms with van der Waals surface area (Å²) in [6.45, 7) is 18.7. The van der Waals surface area contributed by atoms with Crippen molar-refractivity contribution in [1.29, 1.82) is 0 Å². The topological polar surface area (TPSA) is 12.0 Å². The summed E-state index contributed by atoms with van der Waals surface area (Å²) in [6, 6.07) is 1.34. The van der Waals surface area contributed by atoms with Crippen molar-refractivity contribution in [2.24, 2.45) is 35.5 Å². The maximum absolute atomic E-state index is 4.37. The summed E-state index contributed by atoms with van der Waals surface area (Å²) in [7, 11) is 0. The fourth-order valence-corrected chi connectivity index (χ4v) is 4.28. The van der Waals surface area contributed by atoms with Crippen molar-refractivity contribution < 1.29 is 0 Å². The highest BCUT2D eigenvalue weighted by Gasteiger charge is 2.48. The third-order valence-electron chi connectivity index (χ3n) is 6.20. The van der Waals surface area contributed by atoms with Crippen LogP contribution in [-0.2, 0) is 0 Å². The van der Waals surface area contributed by atoms with E-state index in [1.54, 1.807) is 0 Å². The largest absolute Gasteiger partial charge is 0.311 e. The number of hydrogen-bond acceptors (Lipinski definition) is 1. The monoisotopic (exact) mass is 235 g/mol. The van der Waals surface area contributed by atoms with Gasteiger partial charge in [-0.25, -0.2) is 0 Å². The second kappa shape index (κ2) is 4.42. The van der Waals surface area contributed by atoms with Crippen molar-refractivity contribution in [3.05, 3.63) is 12.2 Å². The Kier molecular flexibility index (Phi) is 3.42. The van der Waals surface area contributed by atoms with E-state index >= 15 is 0 Å². The Bertz CT molecular complexity index is 309. The Hall–Kier alpha value is -0.300. The predicted octanol–water partition coefficient (Wildman–Crippen LogP) is 3.71. The van der Waals surface area contributed by atoms with E-state index in [0.717, 1.165) is 23.7 Å². The minimum Gasteiger partial charge on any atom is -0.311 e. The van der Waals surface area contributed by atoms with Crippen LogP contribution in [0.2, 0.25) is 0 Å². The molecule has 0 amide bonds. The number of piperidine rings is 1. The molecule has 0 aromatic heterocycles. The molecule has 8 unspecified atom stereocenters. The number of hydrogen-bond donors (Lipinski definition) is 1. The lowest BCUT2D eigenvalue weighted by Crippen LogP contribution is -2.61. The number of allylic oxidation sites excluding steroid dienone is 1. The minimum absolute atomic E-state index is 0.652. The lowest BCUT2D eigenvalue weighted by molar-refractivity contribution is 0.0180. The van der Waals surface area contributed by atoms with E-state index in [4.69, 9.17) is 0 Å². The van der Waals surface area contributed by atoms with Gasteiger partial charge in [0.05, 0.1) is 0 Å². The summed E-state index contributed by atoms with van der Waals surface area (Å²) in [5, 5.41) is 3.89. The molecule has 8 atom stereocenters. The third-order valence-corrected chi connectivity index (χ3v) is 6.20. The Labute approximate surface area is 107 Å². The molecule has 0 spiro atoms. The van der Waals surface area contributed by atoms with Crippen LogP contribution in [0.4, 0.5) is 0 Å². The van der Waals surface area contributed by atoms with Gasteiger partial charge in [0.15, 0.2) is 0 Å². The van der Waals surface area contributed by atoms with E-state index in [1.807, 2.05) is 0 Å². The second-order valence-electron chi connectivity index (χ2n) is 6.79. The molecular formula is C16H29N. The van der Waals surface area contributed by atoms with Gasteiger partial charge >= 0.3 is 0 Å². The van der Waals surface area contributed by atoms with E-state index in [9.17, 15) is 0 Å². The average molecular weight is 235 g/mol. The van der Waals surface area contributed by atoms with Crippen molar-refractivity contribution in [3.63, 3.8) is 0 Å². The zero-order chi connectivity index (χ0) is 12.9. The quantitative estimate of drug-likeness (QED) is 0.631. The summed E-state index contributed by atoms with van der Waals surface area (Å²) in [5.74, 6) is 4.40. The van der Waals surface area contributed by atoms with Gasteiger partial charge in [-0.2, -0.15) is 0 Å². The smallest absolute Gasteiger partial charge is 0.0137 e. The van der Waals surface area contributed by atoms with E-state index in [1.165, 1.54) is 5.57 Å². The Morgan fingerprint density at radius 2 is 1.41 bits per heavy atom. The molecule has 1 aliphatic carbocycles. The highest BCUT2D eigenvalue weighted by atomic mass is 15.0. The van der Waals surface area contributed by atoms with Gasteiger partial charge in [-0.1, -0.05) is 46.8 Å². The van der Waals surface area contributed by atoms with Crippen LogP contribution in [0.15, 0.2) is 12.2 Å². The van der Waals surface area contributed by atoms with E-state index in [0.29, 0.717) is 23.9 Å². The molecule has 1 saturated heterocycles. The van der Waals surface area contributed by atoms with Crippen LogP contribution < -0.4 is 5.32 Å². The van der Waals surface area contributed by atoms with Gasteiger partial charge in [-0.15, -0.1) is 0 Å². The van der Waals surface area contributed by atoms with Crippen LogP contribution in [-0.4, -0.2) is 12.1 Å². The van der Waals surface area contributed by atoms with Crippen LogP contribution >= 0.6 is 0 Å². The Balaban J connectivity index is 2.31. The van der Waals surface area contributed by atoms with Crippen LogP contribution in [0.5, 0.6) is 0 Å². The summed E-state index contributed by atoms with van der Waals surface area (Å²) in [5.41, 5.74) is 1.48. The third kappa shape index (κ3) is 1.87. The number of nitrogens with one attached hydrogen (secondary N) is 1. The van der Waals surface area contributed by atoms with E-state index < -0.39 is 0 Å². The summed E-state index contributed by atoms with van der Waals surface area (Å²) >= 11 is 0. The van der Waals surface area contributed by atoms with E-state index in [2.05, 4.69) is 53.4 Å². The van der Waals surface area contributed by atoms with Gasteiger partial charge < -0.3 is 5.32 Å². The van der Waals surface area contributed by atoms with Crippen LogP contribution in [0.25, 0.3) is 0 Å². The molecule has 1 heterocycles. The summed E-state index contributed by atoms with van der Waals surface area (Å²) < 4.78 is 0. The molecular weight excluding hydrogens is 206 g/mol. The lowest BCUT2D eigenvalue weighted by atomic mass is 9.57. The van der Waals surface area contributed by atoms with Gasteiger partial charge in [0.1, 0.15) is 0 Å². The van der Waals surface area contributed by atoms with E-state index in [-0.39, 0.29) is 0 Å². The molecule has 1 heteroatoms. The minimum atomic E-state index is 0.652. The Morgan fingerprint density at radius 3 is 2.00 bits per heavy atom. The number of fused-ring (bicyclic) bond motifs is 1. The number of rotatable bonds is 0. The van der Waals surface area contributed by atoms with Gasteiger partial charge in [0.25, 0.3) is 0 Å². The molecule has 0 aromatic carbocycles. The normalized spacial score (nSPS) is 55.5. The fourth-order valence-electron chi connectivity index (χ4n) is 4.28. The van der Waals surface area contributed by atoms with Crippen molar-refractivity contribution in [3.8, 4) is 0 Å². The molecule has 2 rings (SSSR count). The van der Waals surface area contributed by atoms with Gasteiger partial charge in [-0.3, -0.25) is 0 Å². The SMILES string of the molecule is C=C1C(C)C(C)C2NC(C)C(C)C(C)C2C1C. The first kappa shape index (κ1) is 13.1. The molecule has 17 heavy (non-hydrogen) atoms. The maximum Gasteiger partial charge on any atom is 0.0137 e. The predicted molar refractivity (Wildman–Crippen MR) is 74.8 cm³/mol. The first-order chi connectivity index (χ1) is 7.86. The average Bonchev–Trinajstić information content (AvgIpc) is 2.30. The molecule has 1 aliphatic heterocycles. The van der Waals surface area contributed by atoms with Crippen molar-refractivity contribution >= 4 is 0 Å². The van der Waals surface area contributed by atoms with Crippen LogP contribution in [0, 0.1) is 35.5 Å². The molecule has 1 N–H and O–H groups in total. The highest BCUT2D eigenvalue weighted by molar-refractivity contribution is 5.16. The van der Waals surface area contributed by atoms with Crippen molar-refractivity contribution in [2.45, 2.75) is 53.6 Å². The zero-order valence-corrected chi connectivity index (χ0v) is 12.3. The molecule has 1 saturated carbocycles. The van der Waals surface area contributed by atoms with Gasteiger partial charge in [0, 0.05) is 12.1 Å². The Morgan fingerprint density at radius 1 is 0.824 bits per heavy atom. The molecule has 2 fully saturated rings. The standard InChI is InChI=1S/C16H29N/c1-8-9(2)13(6)16-15(11(8)4)12(5)10(3)14(7)17-16/h9-17H,1H2,2-7H3. The van der Waals surface area contributed by atoms with Gasteiger partial charge in [0.2, 0.25) is 0 Å². The molecule has 1 nitrogen and oxygen atoms in total. The van der Waals surface area contributed by atoms with Crippen molar-refractivity contribution in [1.82, 2.24) is 5.32 Å². The first-order valence-electron chi connectivity index (χ1n) is 7.31. The highest BCUT2D eigenvalue weighted by Crippen LogP contribution is 2.48. The zero-order valence-electron chi connectivity index (χ0n) is 12.3. The molecule has 0 radical (unpaired) electrons. The molecule has 0 bridgehead atoms. The second-order valence-corrected chi connectivity index (χ2v) is 6.79. The fraction of sp³-hybridized carbons (Fsp3) is 0.875. The molecule has 0 aromatic rings. The van der Waals surface area contributed by atoms with Crippen molar-refractivity contribution in [2.75, 3.05) is 0 Å². The molecule has 98 valence electrons. The summed E-state index contributed by atoms with van der Waals surface area (Å²) in [6.07, 6.45) is 0. The molecule has 2 aliphatic rings. The first-order valence-corrected chi connectivity index (χ1v) is 7.31.